The smallest absolute Gasteiger partial charge is 0.262 e. The van der Waals surface area contributed by atoms with Crippen LogP contribution in [0.25, 0.3) is 0 Å². The van der Waals surface area contributed by atoms with Crippen LogP contribution in [0.4, 0.5) is 17.1 Å². The van der Waals surface area contributed by atoms with Gasteiger partial charge in [0.15, 0.2) is 0 Å². The lowest BCUT2D eigenvalue weighted by Gasteiger charge is -2.33. The fourth-order valence-electron chi connectivity index (χ4n) is 3.36. The van der Waals surface area contributed by atoms with E-state index in [-0.39, 0.29) is 11.8 Å². The van der Waals surface area contributed by atoms with Gasteiger partial charge in [-0.15, -0.1) is 0 Å². The molecule has 0 fully saturated rings. The highest BCUT2D eigenvalue weighted by Gasteiger charge is 2.35. The number of anilines is 3. The second kappa shape index (κ2) is 6.42. The van der Waals surface area contributed by atoms with Crippen molar-refractivity contribution in [2.24, 2.45) is 4.99 Å². The van der Waals surface area contributed by atoms with Gasteiger partial charge in [-0.25, -0.2) is 0 Å². The highest BCUT2D eigenvalue weighted by Crippen LogP contribution is 2.32. The van der Waals surface area contributed by atoms with Gasteiger partial charge in [-0.2, -0.15) is 0 Å². The zero-order valence-electron chi connectivity index (χ0n) is 15.6. The molecule has 7 nitrogen and oxygen atoms in total. The summed E-state index contributed by atoms with van der Waals surface area (Å²) in [5.41, 5.74) is 3.59. The van der Waals surface area contributed by atoms with Crippen LogP contribution in [0.1, 0.15) is 20.7 Å². The number of hydrogen-bond donors (Lipinski definition) is 1. The first kappa shape index (κ1) is 17.1. The molecule has 0 radical (unpaired) electrons. The summed E-state index contributed by atoms with van der Waals surface area (Å²) < 4.78 is 0. The molecule has 0 atom stereocenters. The number of guanidine groups is 1. The minimum absolute atomic E-state index is 0.117. The van der Waals surface area contributed by atoms with E-state index in [2.05, 4.69) is 10.3 Å². The minimum atomic E-state index is -0.208. The number of carbonyl (C=O) groups is 2. The highest BCUT2D eigenvalue weighted by molar-refractivity contribution is 6.19. The fraction of sp³-hybridized carbons (Fsp3) is 0.250. The molecule has 2 heterocycles. The van der Waals surface area contributed by atoms with Gasteiger partial charge in [0.05, 0.1) is 17.8 Å². The Hall–Kier alpha value is -3.35. The fourth-order valence-corrected chi connectivity index (χ4v) is 3.36. The van der Waals surface area contributed by atoms with Gasteiger partial charge >= 0.3 is 0 Å². The van der Waals surface area contributed by atoms with Crippen molar-refractivity contribution in [3.63, 3.8) is 0 Å². The molecule has 2 aromatic rings. The van der Waals surface area contributed by atoms with Gasteiger partial charge in [-0.1, -0.05) is 0 Å². The largest absolute Gasteiger partial charge is 0.378 e. The number of rotatable bonds is 3. The standard InChI is InChI=1S/C20H21N5O2/c1-23(2)15-7-4-13(5-8-15)18(26)22-14-6-9-17-16(12-14)19(27)24(3)20-21-10-11-25(17)20/h4-9,12H,10-11H2,1-3H3,(H,22,26). The average molecular weight is 363 g/mol. The number of nitrogens with zero attached hydrogens (tertiary/aromatic N) is 4. The Balaban J connectivity index is 1.58. The Bertz CT molecular complexity index is 949. The van der Waals surface area contributed by atoms with Crippen LogP contribution in [0.5, 0.6) is 0 Å². The topological polar surface area (TPSA) is 68.2 Å². The quantitative estimate of drug-likeness (QED) is 0.908. The Morgan fingerprint density at radius 1 is 1.15 bits per heavy atom. The zero-order chi connectivity index (χ0) is 19.1. The summed E-state index contributed by atoms with van der Waals surface area (Å²) in [5, 5.41) is 2.88. The van der Waals surface area contributed by atoms with Crippen LogP contribution in [-0.2, 0) is 0 Å². The first-order valence-electron chi connectivity index (χ1n) is 8.78. The molecule has 4 rings (SSSR count). The molecule has 0 saturated heterocycles. The van der Waals surface area contributed by atoms with Crippen molar-refractivity contribution in [2.45, 2.75) is 0 Å². The Morgan fingerprint density at radius 2 is 1.89 bits per heavy atom. The molecular formula is C20H21N5O2. The maximum atomic E-state index is 12.7. The van der Waals surface area contributed by atoms with Gasteiger partial charge in [-0.05, 0) is 42.5 Å². The molecule has 2 aromatic carbocycles. The van der Waals surface area contributed by atoms with Gasteiger partial charge in [-0.3, -0.25) is 19.5 Å². The van der Waals surface area contributed by atoms with Crippen LogP contribution >= 0.6 is 0 Å². The number of aliphatic imine (C=N–C) groups is 1. The molecule has 0 spiro atoms. The normalized spacial score (nSPS) is 15.2. The average Bonchev–Trinajstić information content (AvgIpc) is 3.16. The van der Waals surface area contributed by atoms with Gasteiger partial charge in [0, 0.05) is 44.6 Å². The van der Waals surface area contributed by atoms with Crippen molar-refractivity contribution in [2.75, 3.05) is 49.3 Å². The molecule has 1 N–H and O–H groups in total. The second-order valence-corrected chi connectivity index (χ2v) is 6.82. The zero-order valence-corrected chi connectivity index (χ0v) is 15.6. The first-order chi connectivity index (χ1) is 13.0. The summed E-state index contributed by atoms with van der Waals surface area (Å²) in [5.74, 6) is 0.360. The maximum Gasteiger partial charge on any atom is 0.262 e. The third-order valence-electron chi connectivity index (χ3n) is 4.84. The molecule has 2 aliphatic heterocycles. The van der Waals surface area contributed by atoms with Crippen LogP contribution < -0.4 is 15.1 Å². The number of hydrogen-bond acceptors (Lipinski definition) is 5. The lowest BCUT2D eigenvalue weighted by Crippen LogP contribution is -2.48. The van der Waals surface area contributed by atoms with E-state index >= 15 is 0 Å². The van der Waals surface area contributed by atoms with Crippen LogP contribution in [0.2, 0.25) is 0 Å². The van der Waals surface area contributed by atoms with Crippen molar-refractivity contribution in [3.05, 3.63) is 53.6 Å². The predicted molar refractivity (Wildman–Crippen MR) is 107 cm³/mol. The summed E-state index contributed by atoms with van der Waals surface area (Å²) in [4.78, 5) is 35.2. The number of amides is 2. The Labute approximate surface area is 157 Å². The number of carbonyl (C=O) groups excluding carboxylic acids is 2. The van der Waals surface area contributed by atoms with Gasteiger partial charge < -0.3 is 15.1 Å². The van der Waals surface area contributed by atoms with E-state index in [0.717, 1.165) is 17.9 Å². The molecule has 27 heavy (non-hydrogen) atoms. The molecule has 0 unspecified atom stereocenters. The summed E-state index contributed by atoms with van der Waals surface area (Å²) in [6.07, 6.45) is 0. The molecular weight excluding hydrogens is 342 g/mol. The van der Waals surface area contributed by atoms with Crippen molar-refractivity contribution < 1.29 is 9.59 Å². The molecule has 0 aromatic heterocycles. The molecule has 138 valence electrons. The molecule has 0 saturated carbocycles. The van der Waals surface area contributed by atoms with E-state index in [1.54, 1.807) is 30.1 Å². The van der Waals surface area contributed by atoms with Gasteiger partial charge in [0.1, 0.15) is 0 Å². The van der Waals surface area contributed by atoms with E-state index in [9.17, 15) is 9.59 Å². The second-order valence-electron chi connectivity index (χ2n) is 6.82. The molecule has 7 heteroatoms. The van der Waals surface area contributed by atoms with Crippen LogP contribution in [0.3, 0.4) is 0 Å². The lowest BCUT2D eigenvalue weighted by molar-refractivity contribution is 0.0865. The summed E-state index contributed by atoms with van der Waals surface area (Å²) in [6, 6.07) is 12.8. The van der Waals surface area contributed by atoms with Crippen molar-refractivity contribution in [1.82, 2.24) is 4.90 Å². The number of nitrogens with one attached hydrogen (secondary N) is 1. The van der Waals surface area contributed by atoms with Crippen molar-refractivity contribution >= 4 is 34.8 Å². The summed E-state index contributed by atoms with van der Waals surface area (Å²) in [6.45, 7) is 1.43. The molecule has 0 aliphatic carbocycles. The lowest BCUT2D eigenvalue weighted by atomic mass is 10.1. The third-order valence-corrected chi connectivity index (χ3v) is 4.84. The van der Waals surface area contributed by atoms with Gasteiger partial charge in [0.2, 0.25) is 5.96 Å². The van der Waals surface area contributed by atoms with Crippen LogP contribution in [-0.4, -0.2) is 56.9 Å². The monoisotopic (exact) mass is 363 g/mol. The van der Waals surface area contributed by atoms with Gasteiger partial charge in [0.25, 0.3) is 11.8 Å². The highest BCUT2D eigenvalue weighted by atomic mass is 16.2. The Morgan fingerprint density at radius 3 is 2.59 bits per heavy atom. The van der Waals surface area contributed by atoms with E-state index in [0.29, 0.717) is 29.3 Å². The molecule has 2 amide bonds. The van der Waals surface area contributed by atoms with E-state index < -0.39 is 0 Å². The van der Waals surface area contributed by atoms with Crippen LogP contribution in [0.15, 0.2) is 47.5 Å². The Kier molecular flexibility index (Phi) is 4.07. The third kappa shape index (κ3) is 2.91. The molecule has 0 bridgehead atoms. The van der Waals surface area contributed by atoms with E-state index in [4.69, 9.17) is 0 Å². The minimum Gasteiger partial charge on any atom is -0.378 e. The van der Waals surface area contributed by atoms with Crippen molar-refractivity contribution in [1.29, 1.82) is 0 Å². The SMILES string of the molecule is CN1C(=O)c2cc(NC(=O)c3ccc(N(C)C)cc3)ccc2N2CCN=C12. The number of benzene rings is 2. The predicted octanol–water partition coefficient (Wildman–Crippen LogP) is 2.27. The summed E-state index contributed by atoms with van der Waals surface area (Å²) >= 11 is 0. The van der Waals surface area contributed by atoms with Crippen molar-refractivity contribution in [3.8, 4) is 0 Å². The van der Waals surface area contributed by atoms with E-state index in [1.165, 1.54) is 0 Å². The summed E-state index contributed by atoms with van der Waals surface area (Å²) in [7, 11) is 5.62. The number of fused-ring (bicyclic) bond motifs is 3. The molecule has 2 aliphatic rings. The first-order valence-corrected chi connectivity index (χ1v) is 8.78. The maximum absolute atomic E-state index is 12.7. The van der Waals surface area contributed by atoms with Crippen LogP contribution in [0, 0.1) is 0 Å². The van der Waals surface area contributed by atoms with E-state index in [1.807, 2.05) is 48.2 Å².